The van der Waals surface area contributed by atoms with E-state index >= 15 is 0 Å². The fourth-order valence-electron chi connectivity index (χ4n) is 1.29. The highest BCUT2D eigenvalue weighted by atomic mass is 16.4. The quantitative estimate of drug-likeness (QED) is 0.517. The van der Waals surface area contributed by atoms with Crippen LogP contribution >= 0.6 is 0 Å². The summed E-state index contributed by atoms with van der Waals surface area (Å²) in [5.74, 6) is -0.448. The van der Waals surface area contributed by atoms with Crippen LogP contribution in [0.2, 0.25) is 0 Å². The van der Waals surface area contributed by atoms with E-state index in [-0.39, 0.29) is 0 Å². The Morgan fingerprint density at radius 3 is 2.80 bits per heavy atom. The summed E-state index contributed by atoms with van der Waals surface area (Å²) in [4.78, 5) is 10.3. The molecule has 0 spiro atoms. The molecule has 0 aromatic rings. The fourth-order valence-corrected chi connectivity index (χ4v) is 1.29. The van der Waals surface area contributed by atoms with Crippen molar-refractivity contribution in [3.05, 3.63) is 0 Å². The number of carboxylic acids is 1. The number of aliphatic carboxylic acids is 1. The highest BCUT2D eigenvalue weighted by Crippen LogP contribution is 2.13. The molecule has 0 aromatic carbocycles. The van der Waals surface area contributed by atoms with Crippen LogP contribution in [0.1, 0.15) is 19.8 Å². The predicted octanol–water partition coefficient (Wildman–Crippen LogP) is -0.876. The van der Waals surface area contributed by atoms with E-state index in [0.29, 0.717) is 12.3 Å². The Balaban J connectivity index is 2.39. The summed E-state index contributed by atoms with van der Waals surface area (Å²) in [7, 11) is 0. The summed E-state index contributed by atoms with van der Waals surface area (Å²) >= 11 is 0. The van der Waals surface area contributed by atoms with Gasteiger partial charge in [0.2, 0.25) is 0 Å². The number of hydrogen-bond donors (Lipinski definition) is 1. The third-order valence-electron chi connectivity index (χ3n) is 1.95. The second-order valence-electron chi connectivity index (χ2n) is 2.96. The molecule has 0 amide bonds. The molecule has 2 unspecified atom stereocenters. The van der Waals surface area contributed by atoms with Crippen LogP contribution in [0.3, 0.4) is 0 Å². The largest absolute Gasteiger partial charge is 0.548 e. The zero-order chi connectivity index (χ0) is 7.56. The van der Waals surface area contributed by atoms with E-state index in [0.717, 1.165) is 13.0 Å². The van der Waals surface area contributed by atoms with Gasteiger partial charge in [0.25, 0.3) is 0 Å². The van der Waals surface area contributed by atoms with Gasteiger partial charge in [-0.25, -0.2) is 0 Å². The summed E-state index contributed by atoms with van der Waals surface area (Å²) in [6.45, 7) is 2.87. The Morgan fingerprint density at radius 2 is 2.40 bits per heavy atom. The standard InChI is InChI=1S/C7H13NO2/c1-5-2-3-8-6(4-5)7(9)10/h5-6,8H,2-4H2,1H3,(H,9,10)/p-1. The Labute approximate surface area is 60.4 Å². The molecule has 1 aliphatic heterocycles. The molecular weight excluding hydrogens is 130 g/mol. The van der Waals surface area contributed by atoms with Crippen LogP contribution in [0.4, 0.5) is 0 Å². The maximum atomic E-state index is 10.3. The molecule has 10 heavy (non-hydrogen) atoms. The van der Waals surface area contributed by atoms with Crippen molar-refractivity contribution in [3.8, 4) is 0 Å². The van der Waals surface area contributed by atoms with Crippen molar-refractivity contribution < 1.29 is 9.90 Å². The van der Waals surface area contributed by atoms with E-state index in [1.54, 1.807) is 0 Å². The molecule has 0 saturated carbocycles. The zero-order valence-corrected chi connectivity index (χ0v) is 6.09. The molecule has 3 nitrogen and oxygen atoms in total. The maximum Gasteiger partial charge on any atom is 0.0584 e. The van der Waals surface area contributed by atoms with Crippen LogP contribution in [0.15, 0.2) is 0 Å². The third kappa shape index (κ3) is 1.70. The van der Waals surface area contributed by atoms with Crippen molar-refractivity contribution in [1.29, 1.82) is 0 Å². The fraction of sp³-hybridized carbons (Fsp3) is 0.857. The average Bonchev–Trinajstić information content (AvgIpc) is 1.88. The minimum Gasteiger partial charge on any atom is -0.548 e. The van der Waals surface area contributed by atoms with Crippen molar-refractivity contribution in [3.63, 3.8) is 0 Å². The van der Waals surface area contributed by atoms with Crippen LogP contribution in [-0.4, -0.2) is 18.6 Å². The number of nitrogens with one attached hydrogen (secondary N) is 1. The molecule has 58 valence electrons. The number of carbonyl (C=O) groups is 1. The van der Waals surface area contributed by atoms with Gasteiger partial charge in [-0.15, -0.1) is 0 Å². The van der Waals surface area contributed by atoms with E-state index < -0.39 is 12.0 Å². The summed E-state index contributed by atoms with van der Waals surface area (Å²) in [5, 5.41) is 13.2. The Hall–Kier alpha value is -0.570. The van der Waals surface area contributed by atoms with E-state index in [2.05, 4.69) is 12.2 Å². The molecule has 0 bridgehead atoms. The van der Waals surface area contributed by atoms with Gasteiger partial charge in [-0.2, -0.15) is 0 Å². The lowest BCUT2D eigenvalue weighted by Gasteiger charge is -2.28. The first-order chi connectivity index (χ1) is 4.70. The molecule has 0 radical (unpaired) electrons. The molecule has 1 fully saturated rings. The minimum absolute atomic E-state index is 0.413. The summed E-state index contributed by atoms with van der Waals surface area (Å²) in [6, 6.07) is -0.413. The van der Waals surface area contributed by atoms with Gasteiger partial charge in [0, 0.05) is 6.04 Å². The molecule has 0 aliphatic carbocycles. The van der Waals surface area contributed by atoms with Crippen LogP contribution in [0, 0.1) is 5.92 Å². The third-order valence-corrected chi connectivity index (χ3v) is 1.95. The van der Waals surface area contributed by atoms with Crippen molar-refractivity contribution >= 4 is 5.97 Å². The van der Waals surface area contributed by atoms with E-state index in [1.807, 2.05) is 0 Å². The Bertz CT molecular complexity index is 136. The molecule has 1 heterocycles. The molecule has 1 saturated heterocycles. The normalized spacial score (nSPS) is 33.7. The van der Waals surface area contributed by atoms with E-state index in [4.69, 9.17) is 0 Å². The summed E-state index contributed by atoms with van der Waals surface area (Å²) in [6.07, 6.45) is 1.78. The molecule has 1 rings (SSSR count). The second-order valence-corrected chi connectivity index (χ2v) is 2.96. The van der Waals surface area contributed by atoms with Gasteiger partial charge in [-0.05, 0) is 25.3 Å². The molecule has 2 atom stereocenters. The minimum atomic E-state index is -0.966. The summed E-state index contributed by atoms with van der Waals surface area (Å²) < 4.78 is 0. The van der Waals surface area contributed by atoms with Crippen LogP contribution < -0.4 is 10.4 Å². The van der Waals surface area contributed by atoms with Crippen molar-refractivity contribution in [2.75, 3.05) is 6.54 Å². The predicted molar refractivity (Wildman–Crippen MR) is 35.2 cm³/mol. The summed E-state index contributed by atoms with van der Waals surface area (Å²) in [5.41, 5.74) is 0. The first kappa shape index (κ1) is 7.54. The van der Waals surface area contributed by atoms with Gasteiger partial charge in [0.1, 0.15) is 0 Å². The lowest BCUT2D eigenvalue weighted by atomic mass is 9.94. The molecular formula is C7H12NO2-. The number of piperidine rings is 1. The van der Waals surface area contributed by atoms with Crippen LogP contribution in [-0.2, 0) is 4.79 Å². The van der Waals surface area contributed by atoms with Gasteiger partial charge in [0.05, 0.1) is 5.97 Å². The molecule has 3 heteroatoms. The monoisotopic (exact) mass is 142 g/mol. The first-order valence-electron chi connectivity index (χ1n) is 3.64. The maximum absolute atomic E-state index is 10.3. The Morgan fingerprint density at radius 1 is 1.70 bits per heavy atom. The molecule has 1 N–H and O–H groups in total. The zero-order valence-electron chi connectivity index (χ0n) is 6.09. The number of rotatable bonds is 1. The smallest absolute Gasteiger partial charge is 0.0584 e. The van der Waals surface area contributed by atoms with Crippen molar-refractivity contribution in [2.45, 2.75) is 25.8 Å². The van der Waals surface area contributed by atoms with Gasteiger partial charge >= 0.3 is 0 Å². The van der Waals surface area contributed by atoms with Gasteiger partial charge in [0.15, 0.2) is 0 Å². The number of hydrogen-bond acceptors (Lipinski definition) is 3. The van der Waals surface area contributed by atoms with Crippen molar-refractivity contribution in [1.82, 2.24) is 5.32 Å². The number of carboxylic acid groups (broad SMARTS) is 1. The molecule has 1 aliphatic rings. The first-order valence-corrected chi connectivity index (χ1v) is 3.64. The van der Waals surface area contributed by atoms with Crippen molar-refractivity contribution in [2.24, 2.45) is 5.92 Å². The van der Waals surface area contributed by atoms with E-state index in [1.165, 1.54) is 0 Å². The van der Waals surface area contributed by atoms with Crippen LogP contribution in [0.5, 0.6) is 0 Å². The highest BCUT2D eigenvalue weighted by Gasteiger charge is 2.18. The Kier molecular flexibility index (Phi) is 2.27. The molecule has 0 aromatic heterocycles. The van der Waals surface area contributed by atoms with Crippen LogP contribution in [0.25, 0.3) is 0 Å². The highest BCUT2D eigenvalue weighted by molar-refractivity contribution is 5.71. The van der Waals surface area contributed by atoms with Gasteiger partial charge < -0.3 is 15.2 Å². The lowest BCUT2D eigenvalue weighted by molar-refractivity contribution is -0.309. The second kappa shape index (κ2) is 3.01. The van der Waals surface area contributed by atoms with Gasteiger partial charge in [-0.3, -0.25) is 0 Å². The van der Waals surface area contributed by atoms with E-state index in [9.17, 15) is 9.90 Å². The number of carbonyl (C=O) groups excluding carboxylic acids is 1. The topological polar surface area (TPSA) is 52.2 Å². The SMILES string of the molecule is CC1CCNC(C(=O)[O-])C1. The lowest BCUT2D eigenvalue weighted by Crippen LogP contribution is -2.49. The average molecular weight is 142 g/mol. The van der Waals surface area contributed by atoms with Gasteiger partial charge in [-0.1, -0.05) is 6.92 Å².